The first-order valence-electron chi connectivity index (χ1n) is 27.8. The predicted octanol–water partition coefficient (Wildman–Crippen LogP) is 18.4. The SMILES string of the molecule is CCCC/C=C\C/C=C\CCCCCCCC(=O)OCC(COC(=O)CCCCCCCCC/C=C\C/C=C\CCCCC)OC(=O)CCCCCCC/C=C\CCCCCCCCC. The van der Waals surface area contributed by atoms with Gasteiger partial charge in [0.2, 0.25) is 0 Å². The zero-order valence-corrected chi connectivity index (χ0v) is 43.0. The van der Waals surface area contributed by atoms with Crippen LogP contribution in [0.2, 0.25) is 0 Å². The fraction of sp³-hybridized carbons (Fsp3) is 0.780. The van der Waals surface area contributed by atoms with Crippen LogP contribution in [-0.2, 0) is 28.6 Å². The molecule has 0 aliphatic carbocycles. The smallest absolute Gasteiger partial charge is 0.306 e. The molecular formula is C59H104O6. The monoisotopic (exact) mass is 909 g/mol. The molecule has 0 aliphatic rings. The van der Waals surface area contributed by atoms with Gasteiger partial charge in [-0.3, -0.25) is 14.4 Å². The molecular weight excluding hydrogens is 805 g/mol. The van der Waals surface area contributed by atoms with Gasteiger partial charge in [-0.2, -0.15) is 0 Å². The third kappa shape index (κ3) is 51.9. The van der Waals surface area contributed by atoms with Gasteiger partial charge >= 0.3 is 17.9 Å². The molecule has 0 bridgehead atoms. The largest absolute Gasteiger partial charge is 0.462 e. The first-order valence-corrected chi connectivity index (χ1v) is 27.8. The Hall–Kier alpha value is -2.89. The topological polar surface area (TPSA) is 78.9 Å². The van der Waals surface area contributed by atoms with E-state index >= 15 is 0 Å². The highest BCUT2D eigenvalue weighted by molar-refractivity contribution is 5.71. The average molecular weight is 909 g/mol. The van der Waals surface area contributed by atoms with E-state index in [0.29, 0.717) is 19.3 Å². The van der Waals surface area contributed by atoms with E-state index in [4.69, 9.17) is 14.2 Å². The van der Waals surface area contributed by atoms with Gasteiger partial charge in [-0.15, -0.1) is 0 Å². The second-order valence-corrected chi connectivity index (χ2v) is 18.5. The molecule has 1 atom stereocenters. The molecule has 0 aliphatic heterocycles. The Balaban J connectivity index is 4.41. The fourth-order valence-electron chi connectivity index (χ4n) is 7.72. The highest BCUT2D eigenvalue weighted by Gasteiger charge is 2.19. The standard InChI is InChI=1S/C59H104O6/c1-4-7-10-13-16-19-22-25-28-30-32-34-37-40-43-46-49-52-58(61)64-55-56(54-63-57(60)51-48-45-42-39-36-33-27-24-21-18-15-12-9-6-3)65-59(62)53-50-47-44-41-38-35-31-29-26-23-20-17-14-11-8-5-2/h15-16,18-19,24-25,27-29,31,56H,4-14,17,20-23,26,30,32-55H2,1-3H3/b18-15-,19-16-,27-24-,28-25-,31-29-. The molecule has 0 saturated heterocycles. The lowest BCUT2D eigenvalue weighted by molar-refractivity contribution is -0.167. The summed E-state index contributed by atoms with van der Waals surface area (Å²) in [7, 11) is 0. The van der Waals surface area contributed by atoms with E-state index in [0.717, 1.165) is 103 Å². The maximum Gasteiger partial charge on any atom is 0.306 e. The summed E-state index contributed by atoms with van der Waals surface area (Å²) in [5.41, 5.74) is 0. The van der Waals surface area contributed by atoms with E-state index in [1.807, 2.05) is 0 Å². The minimum atomic E-state index is -0.787. The minimum absolute atomic E-state index is 0.0857. The highest BCUT2D eigenvalue weighted by Crippen LogP contribution is 2.14. The summed E-state index contributed by atoms with van der Waals surface area (Å²) >= 11 is 0. The van der Waals surface area contributed by atoms with Crippen molar-refractivity contribution in [2.45, 2.75) is 284 Å². The van der Waals surface area contributed by atoms with E-state index in [1.165, 1.54) is 135 Å². The third-order valence-corrected chi connectivity index (χ3v) is 12.0. The van der Waals surface area contributed by atoms with Gasteiger partial charge in [-0.05, 0) is 103 Å². The molecule has 0 heterocycles. The van der Waals surface area contributed by atoms with Crippen LogP contribution in [0.25, 0.3) is 0 Å². The molecule has 1 unspecified atom stereocenters. The van der Waals surface area contributed by atoms with Crippen molar-refractivity contribution in [3.05, 3.63) is 60.8 Å². The number of hydrogen-bond acceptors (Lipinski definition) is 6. The first-order chi connectivity index (χ1) is 32.0. The molecule has 0 saturated carbocycles. The van der Waals surface area contributed by atoms with E-state index in [-0.39, 0.29) is 31.1 Å². The van der Waals surface area contributed by atoms with Gasteiger partial charge in [0.25, 0.3) is 0 Å². The van der Waals surface area contributed by atoms with Crippen LogP contribution in [0.4, 0.5) is 0 Å². The van der Waals surface area contributed by atoms with Crippen LogP contribution in [0, 0.1) is 0 Å². The van der Waals surface area contributed by atoms with Crippen molar-refractivity contribution in [3.63, 3.8) is 0 Å². The second kappa shape index (κ2) is 53.7. The van der Waals surface area contributed by atoms with Crippen LogP contribution < -0.4 is 0 Å². The van der Waals surface area contributed by atoms with Crippen molar-refractivity contribution in [2.24, 2.45) is 0 Å². The van der Waals surface area contributed by atoms with Crippen molar-refractivity contribution < 1.29 is 28.6 Å². The molecule has 6 heteroatoms. The Bertz CT molecular complexity index is 1180. The molecule has 0 spiro atoms. The molecule has 65 heavy (non-hydrogen) atoms. The molecule has 0 aromatic carbocycles. The molecule has 376 valence electrons. The van der Waals surface area contributed by atoms with Crippen LogP contribution in [0.3, 0.4) is 0 Å². The summed E-state index contributed by atoms with van der Waals surface area (Å²) in [5, 5.41) is 0. The second-order valence-electron chi connectivity index (χ2n) is 18.5. The number of rotatable bonds is 50. The number of carbonyl (C=O) groups excluding carboxylic acids is 3. The molecule has 0 amide bonds. The number of esters is 3. The molecule has 0 fully saturated rings. The van der Waals surface area contributed by atoms with E-state index in [2.05, 4.69) is 81.5 Å². The normalized spacial score (nSPS) is 12.5. The molecule has 0 N–H and O–H groups in total. The Morgan fingerprint density at radius 2 is 0.569 bits per heavy atom. The van der Waals surface area contributed by atoms with Crippen LogP contribution in [0.5, 0.6) is 0 Å². The van der Waals surface area contributed by atoms with Gasteiger partial charge in [0.15, 0.2) is 6.10 Å². The number of carbonyl (C=O) groups is 3. The van der Waals surface area contributed by atoms with E-state index < -0.39 is 6.10 Å². The van der Waals surface area contributed by atoms with Gasteiger partial charge < -0.3 is 14.2 Å². The van der Waals surface area contributed by atoms with Crippen molar-refractivity contribution in [1.82, 2.24) is 0 Å². The van der Waals surface area contributed by atoms with Gasteiger partial charge in [-0.25, -0.2) is 0 Å². The summed E-state index contributed by atoms with van der Waals surface area (Å²) in [6.45, 7) is 6.56. The zero-order valence-electron chi connectivity index (χ0n) is 43.0. The predicted molar refractivity (Wildman–Crippen MR) is 279 cm³/mol. The quantitative estimate of drug-likeness (QED) is 0.0262. The Morgan fingerprint density at radius 3 is 0.938 bits per heavy atom. The lowest BCUT2D eigenvalue weighted by Crippen LogP contribution is -2.30. The molecule has 0 radical (unpaired) electrons. The summed E-state index contributed by atoms with van der Waals surface area (Å²) in [6, 6.07) is 0. The Labute approximate surface area is 402 Å². The van der Waals surface area contributed by atoms with Crippen molar-refractivity contribution in [1.29, 1.82) is 0 Å². The van der Waals surface area contributed by atoms with Gasteiger partial charge in [-0.1, -0.05) is 216 Å². The van der Waals surface area contributed by atoms with Gasteiger partial charge in [0, 0.05) is 19.3 Å². The van der Waals surface area contributed by atoms with Gasteiger partial charge in [0.05, 0.1) is 0 Å². The average Bonchev–Trinajstić information content (AvgIpc) is 3.30. The van der Waals surface area contributed by atoms with Crippen LogP contribution in [0.15, 0.2) is 60.8 Å². The lowest BCUT2D eigenvalue weighted by Gasteiger charge is -2.18. The van der Waals surface area contributed by atoms with Crippen molar-refractivity contribution in [2.75, 3.05) is 13.2 Å². The van der Waals surface area contributed by atoms with Crippen LogP contribution >= 0.6 is 0 Å². The lowest BCUT2D eigenvalue weighted by atomic mass is 10.1. The number of allylic oxidation sites excluding steroid dienone is 10. The summed E-state index contributed by atoms with van der Waals surface area (Å²) < 4.78 is 16.8. The van der Waals surface area contributed by atoms with Crippen molar-refractivity contribution >= 4 is 17.9 Å². The highest BCUT2D eigenvalue weighted by atomic mass is 16.6. The number of ether oxygens (including phenoxy) is 3. The van der Waals surface area contributed by atoms with Crippen LogP contribution in [-0.4, -0.2) is 37.2 Å². The summed E-state index contributed by atoms with van der Waals surface area (Å²) in [6.07, 6.45) is 66.3. The van der Waals surface area contributed by atoms with E-state index in [1.54, 1.807) is 0 Å². The zero-order chi connectivity index (χ0) is 47.2. The third-order valence-electron chi connectivity index (χ3n) is 12.0. The fourth-order valence-corrected chi connectivity index (χ4v) is 7.72. The Morgan fingerprint density at radius 1 is 0.308 bits per heavy atom. The molecule has 0 rings (SSSR count). The van der Waals surface area contributed by atoms with E-state index in [9.17, 15) is 14.4 Å². The molecule has 0 aromatic rings. The molecule has 0 aromatic heterocycles. The van der Waals surface area contributed by atoms with Crippen LogP contribution in [0.1, 0.15) is 278 Å². The molecule has 6 nitrogen and oxygen atoms in total. The maximum absolute atomic E-state index is 12.8. The number of unbranched alkanes of at least 4 members (excludes halogenated alkanes) is 29. The summed E-state index contributed by atoms with van der Waals surface area (Å²) in [4.78, 5) is 38.1. The first kappa shape index (κ1) is 62.1. The minimum Gasteiger partial charge on any atom is -0.462 e. The van der Waals surface area contributed by atoms with Crippen molar-refractivity contribution in [3.8, 4) is 0 Å². The summed E-state index contributed by atoms with van der Waals surface area (Å²) in [5.74, 6) is -0.908. The Kier molecular flexibility index (Phi) is 51.3. The number of hydrogen-bond donors (Lipinski definition) is 0. The van der Waals surface area contributed by atoms with Gasteiger partial charge in [0.1, 0.15) is 13.2 Å². The maximum atomic E-state index is 12.8.